The van der Waals surface area contributed by atoms with Crippen LogP contribution in [-0.2, 0) is 9.36 Å². The van der Waals surface area contributed by atoms with E-state index < -0.39 is 19.6 Å². The predicted molar refractivity (Wildman–Crippen MR) is 63.5 cm³/mol. The molecule has 0 aromatic rings. The van der Waals surface area contributed by atoms with Crippen LogP contribution in [0.15, 0.2) is 11.9 Å². The number of carboxylic acid groups (broad SMARTS) is 1. The number of nitrogens with two attached hydrogens (primary N) is 1. The van der Waals surface area contributed by atoms with Crippen molar-refractivity contribution in [1.29, 1.82) is 0 Å². The predicted octanol–water partition coefficient (Wildman–Crippen LogP) is -0.198. The summed E-state index contributed by atoms with van der Waals surface area (Å²) in [5.41, 5.74) is 5.31. The molecule has 0 aliphatic rings. The monoisotopic (exact) mass is 266 g/mol. The fourth-order valence-corrected chi connectivity index (χ4v) is 1.69. The first kappa shape index (κ1) is 16.3. The Bertz CT molecular complexity index is 315. The Labute approximate surface area is 100 Å². The third-order valence-corrected chi connectivity index (χ3v) is 2.79. The molecule has 0 radical (unpaired) electrons. The van der Waals surface area contributed by atoms with Crippen LogP contribution in [0.5, 0.6) is 0 Å². The fraction of sp³-hybridized carbons (Fsp3) is 0.667. The SMILES string of the molecule is CN(CC=CP(=O)(O)O)[C@@H](CCCN)C(=O)O. The number of rotatable bonds is 8. The molecular formula is C9H19N2O5P. The van der Waals surface area contributed by atoms with Crippen LogP contribution in [0.25, 0.3) is 0 Å². The van der Waals surface area contributed by atoms with E-state index in [0.29, 0.717) is 19.4 Å². The van der Waals surface area contributed by atoms with Crippen LogP contribution >= 0.6 is 7.60 Å². The van der Waals surface area contributed by atoms with Gasteiger partial charge < -0.3 is 20.6 Å². The van der Waals surface area contributed by atoms with Gasteiger partial charge in [0.15, 0.2) is 0 Å². The summed E-state index contributed by atoms with van der Waals surface area (Å²) in [6.07, 6.45) is 2.26. The van der Waals surface area contributed by atoms with Gasteiger partial charge in [0.1, 0.15) is 6.04 Å². The number of carboxylic acids is 1. The highest BCUT2D eigenvalue weighted by Crippen LogP contribution is 2.35. The quantitative estimate of drug-likeness (QED) is 0.448. The van der Waals surface area contributed by atoms with Crippen molar-refractivity contribution < 1.29 is 24.3 Å². The van der Waals surface area contributed by atoms with Gasteiger partial charge in [-0.3, -0.25) is 14.3 Å². The number of aliphatic carboxylic acids is 1. The Hall–Kier alpha value is -0.720. The second kappa shape index (κ2) is 7.58. The van der Waals surface area contributed by atoms with E-state index in [1.807, 2.05) is 0 Å². The van der Waals surface area contributed by atoms with Crippen LogP contribution in [0.3, 0.4) is 0 Å². The van der Waals surface area contributed by atoms with Crippen LogP contribution in [0.2, 0.25) is 0 Å². The average Bonchev–Trinajstić information content (AvgIpc) is 2.15. The van der Waals surface area contributed by atoms with Crippen molar-refractivity contribution in [1.82, 2.24) is 4.90 Å². The summed E-state index contributed by atoms with van der Waals surface area (Å²) < 4.78 is 10.5. The zero-order valence-electron chi connectivity index (χ0n) is 9.69. The Kier molecular flexibility index (Phi) is 7.26. The summed E-state index contributed by atoms with van der Waals surface area (Å²) in [6.45, 7) is 0.572. The molecule has 17 heavy (non-hydrogen) atoms. The molecule has 1 atom stereocenters. The van der Waals surface area contributed by atoms with Gasteiger partial charge >= 0.3 is 13.6 Å². The van der Waals surface area contributed by atoms with Crippen LogP contribution in [-0.4, -0.2) is 51.9 Å². The molecule has 7 nitrogen and oxygen atoms in total. The minimum absolute atomic E-state index is 0.159. The Morgan fingerprint density at radius 1 is 1.53 bits per heavy atom. The lowest BCUT2D eigenvalue weighted by atomic mass is 10.1. The molecule has 0 saturated heterocycles. The molecule has 0 rings (SSSR count). The lowest BCUT2D eigenvalue weighted by Crippen LogP contribution is -2.38. The molecule has 0 fully saturated rings. The number of nitrogens with zero attached hydrogens (tertiary/aromatic N) is 1. The number of likely N-dealkylation sites (N-methyl/N-ethyl adjacent to an activating group) is 1. The molecule has 5 N–H and O–H groups in total. The highest BCUT2D eigenvalue weighted by molar-refractivity contribution is 7.55. The lowest BCUT2D eigenvalue weighted by Gasteiger charge is -2.22. The van der Waals surface area contributed by atoms with Gasteiger partial charge in [-0.15, -0.1) is 0 Å². The second-order valence-corrected chi connectivity index (χ2v) is 5.17. The third kappa shape index (κ3) is 8.06. The Balaban J connectivity index is 4.33. The van der Waals surface area contributed by atoms with Gasteiger partial charge in [0.25, 0.3) is 0 Å². The minimum atomic E-state index is -4.17. The number of hydrogen-bond donors (Lipinski definition) is 4. The summed E-state index contributed by atoms with van der Waals surface area (Å²) in [5, 5.41) is 8.97. The number of hydrogen-bond acceptors (Lipinski definition) is 4. The molecular weight excluding hydrogens is 247 g/mol. The van der Waals surface area contributed by atoms with Gasteiger partial charge in [0.2, 0.25) is 0 Å². The smallest absolute Gasteiger partial charge is 0.348 e. The zero-order chi connectivity index (χ0) is 13.5. The first-order chi connectivity index (χ1) is 7.78. The standard InChI is InChI=1S/C9H19N2O5P/c1-11(6-3-7-17(14,15)16)8(9(12)13)4-2-5-10/h3,7-8H,2,4-6,10H2,1H3,(H,12,13)(H2,14,15,16)/t8-/m0/s1. The van der Waals surface area contributed by atoms with Crippen molar-refractivity contribution >= 4 is 13.6 Å². The minimum Gasteiger partial charge on any atom is -0.480 e. The first-order valence-corrected chi connectivity index (χ1v) is 6.82. The van der Waals surface area contributed by atoms with E-state index in [0.717, 1.165) is 5.82 Å². The van der Waals surface area contributed by atoms with E-state index >= 15 is 0 Å². The molecule has 0 unspecified atom stereocenters. The highest BCUT2D eigenvalue weighted by Gasteiger charge is 2.21. The molecule has 0 saturated carbocycles. The third-order valence-electron chi connectivity index (χ3n) is 2.19. The van der Waals surface area contributed by atoms with Gasteiger partial charge in [-0.1, -0.05) is 6.08 Å². The summed E-state index contributed by atoms with van der Waals surface area (Å²) in [6, 6.07) is -0.694. The van der Waals surface area contributed by atoms with E-state index in [1.54, 1.807) is 7.05 Å². The Morgan fingerprint density at radius 2 is 2.12 bits per heavy atom. The van der Waals surface area contributed by atoms with Crippen molar-refractivity contribution in [3.63, 3.8) is 0 Å². The van der Waals surface area contributed by atoms with Gasteiger partial charge in [-0.25, -0.2) is 0 Å². The molecule has 0 aliphatic carbocycles. The molecule has 0 spiro atoms. The van der Waals surface area contributed by atoms with E-state index in [2.05, 4.69) is 0 Å². The largest absolute Gasteiger partial charge is 0.480 e. The molecule has 0 bridgehead atoms. The van der Waals surface area contributed by atoms with Gasteiger partial charge in [0.05, 0.1) is 0 Å². The van der Waals surface area contributed by atoms with Crippen molar-refractivity contribution in [3.8, 4) is 0 Å². The van der Waals surface area contributed by atoms with Crippen molar-refractivity contribution in [2.45, 2.75) is 18.9 Å². The summed E-state index contributed by atoms with van der Waals surface area (Å²) in [7, 11) is -2.59. The molecule has 0 aliphatic heterocycles. The molecule has 8 heteroatoms. The van der Waals surface area contributed by atoms with Crippen LogP contribution in [0.1, 0.15) is 12.8 Å². The maximum Gasteiger partial charge on any atom is 0.348 e. The van der Waals surface area contributed by atoms with E-state index in [9.17, 15) is 9.36 Å². The molecule has 100 valence electrons. The van der Waals surface area contributed by atoms with Gasteiger partial charge in [-0.05, 0) is 26.4 Å². The topological polar surface area (TPSA) is 124 Å². The van der Waals surface area contributed by atoms with E-state index in [-0.39, 0.29) is 6.54 Å². The van der Waals surface area contributed by atoms with Crippen molar-refractivity contribution in [3.05, 3.63) is 11.9 Å². The maximum absolute atomic E-state index is 10.9. The first-order valence-electron chi connectivity index (χ1n) is 5.14. The van der Waals surface area contributed by atoms with E-state index in [1.165, 1.54) is 11.0 Å². The fourth-order valence-electron chi connectivity index (χ4n) is 1.32. The van der Waals surface area contributed by atoms with Crippen LogP contribution in [0.4, 0.5) is 0 Å². The molecule has 0 aromatic carbocycles. The summed E-state index contributed by atoms with van der Waals surface area (Å²) in [5.74, 6) is -0.198. The average molecular weight is 266 g/mol. The van der Waals surface area contributed by atoms with Crippen LogP contribution < -0.4 is 5.73 Å². The van der Waals surface area contributed by atoms with Crippen molar-refractivity contribution in [2.75, 3.05) is 20.1 Å². The number of carbonyl (C=O) groups is 1. The van der Waals surface area contributed by atoms with E-state index in [4.69, 9.17) is 20.6 Å². The summed E-state index contributed by atoms with van der Waals surface area (Å²) in [4.78, 5) is 29.6. The maximum atomic E-state index is 10.9. The Morgan fingerprint density at radius 3 is 2.53 bits per heavy atom. The normalized spacial score (nSPS) is 14.4. The lowest BCUT2D eigenvalue weighted by molar-refractivity contribution is -0.142. The van der Waals surface area contributed by atoms with Gasteiger partial charge in [-0.2, -0.15) is 0 Å². The second-order valence-electron chi connectivity index (χ2n) is 3.70. The van der Waals surface area contributed by atoms with Crippen molar-refractivity contribution in [2.24, 2.45) is 5.73 Å². The van der Waals surface area contributed by atoms with Crippen LogP contribution in [0, 0.1) is 0 Å². The highest BCUT2D eigenvalue weighted by atomic mass is 31.2. The molecule has 0 amide bonds. The molecule has 0 aromatic heterocycles. The molecule has 0 heterocycles. The van der Waals surface area contributed by atoms with Gasteiger partial charge in [0, 0.05) is 12.4 Å². The summed E-state index contributed by atoms with van der Waals surface area (Å²) >= 11 is 0. The zero-order valence-corrected chi connectivity index (χ0v) is 10.6.